The van der Waals surface area contributed by atoms with Crippen LogP contribution in [0.5, 0.6) is 0 Å². The minimum atomic E-state index is -2.21. The average Bonchev–Trinajstić information content (AvgIpc) is 3.67. The highest BCUT2D eigenvalue weighted by Crippen LogP contribution is 2.29. The van der Waals surface area contributed by atoms with Crippen molar-refractivity contribution in [1.29, 1.82) is 0 Å². The number of anilines is 1. The number of halogens is 1. The number of pyridine rings is 1. The van der Waals surface area contributed by atoms with Crippen molar-refractivity contribution in [2.24, 2.45) is 0 Å². The van der Waals surface area contributed by atoms with Crippen LogP contribution >= 0.6 is 11.6 Å². The summed E-state index contributed by atoms with van der Waals surface area (Å²) in [4.78, 5) is 95.8. The van der Waals surface area contributed by atoms with Gasteiger partial charge in [0.2, 0.25) is 24.0 Å². The van der Waals surface area contributed by atoms with E-state index in [4.69, 9.17) is 21.1 Å². The Balaban J connectivity index is 0.000000253. The van der Waals surface area contributed by atoms with Crippen molar-refractivity contribution in [3.8, 4) is 0 Å². The Morgan fingerprint density at radius 3 is 1.87 bits per heavy atom. The molecule has 4 aromatic rings. The van der Waals surface area contributed by atoms with E-state index in [0.29, 0.717) is 36.5 Å². The van der Waals surface area contributed by atoms with Crippen LogP contribution in [0.15, 0.2) is 91.0 Å². The SMILES string of the molecule is CCN(C)C(=O)c1cc(C)nc(NC(=O)[C@H]2CCC(=O)N2C2CCN(Cc3ccc(Cl)c(C)c3)CC2)c1.O=C(OC(C(=O)O)C(OC(=O)c1ccccc1)C(=O)O)c1ccccc1. The summed E-state index contributed by atoms with van der Waals surface area (Å²) in [5.41, 5.74) is 3.48. The number of rotatable bonds is 14. The Hall–Kier alpha value is -6.65. The van der Waals surface area contributed by atoms with E-state index < -0.39 is 42.1 Å². The maximum atomic E-state index is 13.3. The van der Waals surface area contributed by atoms with Crippen LogP contribution in [0, 0.1) is 13.8 Å². The van der Waals surface area contributed by atoms with Gasteiger partial charge < -0.3 is 34.8 Å². The van der Waals surface area contributed by atoms with Gasteiger partial charge in [0.15, 0.2) is 0 Å². The lowest BCUT2D eigenvalue weighted by molar-refractivity contribution is -0.166. The van der Waals surface area contributed by atoms with Crippen LogP contribution in [0.3, 0.4) is 0 Å². The number of aliphatic carboxylic acids is 2. The summed E-state index contributed by atoms with van der Waals surface area (Å²) < 4.78 is 9.52. The number of hydrogen-bond acceptors (Lipinski definition) is 11. The molecule has 16 nitrogen and oxygen atoms in total. The van der Waals surface area contributed by atoms with Crippen LogP contribution in [0.2, 0.25) is 5.02 Å². The highest BCUT2D eigenvalue weighted by atomic mass is 35.5. The predicted molar refractivity (Wildman–Crippen MR) is 231 cm³/mol. The molecule has 0 spiro atoms. The van der Waals surface area contributed by atoms with Gasteiger partial charge in [-0.2, -0.15) is 0 Å². The Morgan fingerprint density at radius 1 is 0.810 bits per heavy atom. The molecule has 2 aliphatic rings. The molecule has 1 aromatic heterocycles. The first-order valence-electron chi connectivity index (χ1n) is 20.4. The largest absolute Gasteiger partial charge is 0.478 e. The fourth-order valence-corrected chi connectivity index (χ4v) is 7.38. The lowest BCUT2D eigenvalue weighted by Crippen LogP contribution is -2.51. The third kappa shape index (κ3) is 12.7. The van der Waals surface area contributed by atoms with Crippen molar-refractivity contribution in [2.75, 3.05) is 32.0 Å². The molecule has 2 aliphatic heterocycles. The molecule has 63 heavy (non-hydrogen) atoms. The normalized spacial score (nSPS) is 16.2. The second-order valence-corrected chi connectivity index (χ2v) is 15.6. The van der Waals surface area contributed by atoms with Gasteiger partial charge in [0.1, 0.15) is 11.9 Å². The molecule has 3 heterocycles. The van der Waals surface area contributed by atoms with Crippen molar-refractivity contribution in [2.45, 2.75) is 77.3 Å². The number of benzene rings is 3. The molecule has 2 unspecified atom stereocenters. The zero-order valence-corrected chi connectivity index (χ0v) is 36.1. The molecule has 0 radical (unpaired) electrons. The number of carboxylic acids is 2. The molecule has 17 heteroatoms. The van der Waals surface area contributed by atoms with Crippen LogP contribution in [0.4, 0.5) is 5.82 Å². The minimum Gasteiger partial charge on any atom is -0.478 e. The van der Waals surface area contributed by atoms with E-state index in [1.165, 1.54) is 54.1 Å². The number of aryl methyl sites for hydroxylation is 2. The van der Waals surface area contributed by atoms with Crippen LogP contribution in [-0.4, -0.2) is 122 Å². The molecule has 332 valence electrons. The summed E-state index contributed by atoms with van der Waals surface area (Å²) in [5, 5.41) is 22.1. The van der Waals surface area contributed by atoms with E-state index in [0.717, 1.165) is 43.1 Å². The van der Waals surface area contributed by atoms with Crippen molar-refractivity contribution in [3.05, 3.63) is 130 Å². The van der Waals surface area contributed by atoms with E-state index in [9.17, 15) is 43.8 Å². The number of esters is 2. The van der Waals surface area contributed by atoms with Crippen LogP contribution in [0.25, 0.3) is 0 Å². The maximum Gasteiger partial charge on any atom is 0.349 e. The number of carboxylic acid groups (broad SMARTS) is 2. The highest BCUT2D eigenvalue weighted by molar-refractivity contribution is 6.31. The van der Waals surface area contributed by atoms with Gasteiger partial charge in [-0.25, -0.2) is 24.2 Å². The third-order valence-corrected chi connectivity index (χ3v) is 11.1. The van der Waals surface area contributed by atoms with Crippen molar-refractivity contribution in [3.63, 3.8) is 0 Å². The first kappa shape index (κ1) is 47.4. The predicted octanol–water partition coefficient (Wildman–Crippen LogP) is 5.64. The summed E-state index contributed by atoms with van der Waals surface area (Å²) in [7, 11) is 1.74. The monoisotopic (exact) mass is 883 g/mol. The molecular formula is C46H50ClN5O11. The second-order valence-electron chi connectivity index (χ2n) is 15.2. The van der Waals surface area contributed by atoms with E-state index in [-0.39, 0.29) is 34.9 Å². The van der Waals surface area contributed by atoms with E-state index in [1.54, 1.807) is 48.0 Å². The molecule has 3 amide bonds. The van der Waals surface area contributed by atoms with Crippen molar-refractivity contribution >= 4 is 59.0 Å². The van der Waals surface area contributed by atoms with E-state index in [2.05, 4.69) is 27.3 Å². The van der Waals surface area contributed by atoms with Gasteiger partial charge in [0.05, 0.1) is 11.1 Å². The molecule has 6 rings (SSSR count). The van der Waals surface area contributed by atoms with E-state index >= 15 is 0 Å². The Bertz CT molecular complexity index is 2230. The van der Waals surface area contributed by atoms with E-state index in [1.807, 2.05) is 19.9 Å². The maximum absolute atomic E-state index is 13.3. The average molecular weight is 884 g/mol. The van der Waals surface area contributed by atoms with Crippen LogP contribution < -0.4 is 5.32 Å². The molecular weight excluding hydrogens is 834 g/mol. The summed E-state index contributed by atoms with van der Waals surface area (Å²) in [6.07, 6.45) is -1.92. The zero-order valence-electron chi connectivity index (χ0n) is 35.4. The van der Waals surface area contributed by atoms with Gasteiger partial charge in [-0.05, 0) is 93.6 Å². The van der Waals surface area contributed by atoms with Crippen molar-refractivity contribution in [1.82, 2.24) is 19.7 Å². The Morgan fingerprint density at radius 2 is 1.37 bits per heavy atom. The number of hydrogen-bond donors (Lipinski definition) is 3. The van der Waals surface area contributed by atoms with Gasteiger partial charge in [0.25, 0.3) is 5.91 Å². The smallest absolute Gasteiger partial charge is 0.349 e. The number of nitrogens with zero attached hydrogens (tertiary/aromatic N) is 4. The molecule has 3 N–H and O–H groups in total. The van der Waals surface area contributed by atoms with Gasteiger partial charge in [0, 0.05) is 62.0 Å². The number of likely N-dealkylation sites (tertiary alicyclic amines) is 2. The molecule has 3 atom stereocenters. The topological polar surface area (TPSA) is 213 Å². The zero-order chi connectivity index (χ0) is 45.8. The summed E-state index contributed by atoms with van der Waals surface area (Å²) in [6, 6.07) is 23.8. The lowest BCUT2D eigenvalue weighted by Gasteiger charge is -2.39. The molecule has 2 fully saturated rings. The fraction of sp³-hybridized carbons (Fsp3) is 0.348. The summed E-state index contributed by atoms with van der Waals surface area (Å²) in [6.45, 7) is 8.86. The number of amides is 3. The molecule has 0 saturated carbocycles. The molecule has 0 aliphatic carbocycles. The van der Waals surface area contributed by atoms with Gasteiger partial charge in [-0.1, -0.05) is 60.1 Å². The van der Waals surface area contributed by atoms with Crippen LogP contribution in [0.1, 0.15) is 80.5 Å². The Labute approximate surface area is 369 Å². The molecule has 3 aromatic carbocycles. The third-order valence-electron chi connectivity index (χ3n) is 10.7. The quantitative estimate of drug-likeness (QED) is 0.131. The van der Waals surface area contributed by atoms with Crippen molar-refractivity contribution < 1.29 is 53.2 Å². The molecule has 2 saturated heterocycles. The van der Waals surface area contributed by atoms with Gasteiger partial charge in [-0.3, -0.25) is 19.3 Å². The molecule has 0 bridgehead atoms. The minimum absolute atomic E-state index is 0.0253. The fourth-order valence-electron chi connectivity index (χ4n) is 7.26. The summed E-state index contributed by atoms with van der Waals surface area (Å²) in [5.74, 6) is -5.63. The van der Waals surface area contributed by atoms with Crippen LogP contribution in [-0.2, 0) is 35.2 Å². The Kier molecular flexibility index (Phi) is 16.5. The number of piperidine rings is 1. The lowest BCUT2D eigenvalue weighted by atomic mass is 10.0. The number of nitrogens with one attached hydrogen (secondary N) is 1. The van der Waals surface area contributed by atoms with Gasteiger partial charge in [-0.15, -0.1) is 0 Å². The standard InChI is InChI=1S/C28H36ClN5O3.C18H14O8/c1-5-32(4)28(37)21-15-19(3)30-25(16-21)31-27(36)24-8-9-26(35)34(24)22-10-12-33(13-11-22)17-20-6-7-23(29)18(2)14-20;19-15(20)13(25-17(23)11-7-3-1-4-8-11)14(16(21)22)26-18(24)12-9-5-2-6-10-12/h6-7,14-16,22,24H,5,8-13,17H2,1-4H3,(H,30,31,36);1-10,13-14H,(H,19,20)(H,21,22)/t24-;/m1./s1. The number of aromatic nitrogens is 1. The number of carbonyl (C=O) groups is 7. The number of carbonyl (C=O) groups excluding carboxylic acids is 5. The second kappa shape index (κ2) is 21.9. The van der Waals surface area contributed by atoms with Gasteiger partial charge >= 0.3 is 23.9 Å². The summed E-state index contributed by atoms with van der Waals surface area (Å²) >= 11 is 6.16. The first-order valence-corrected chi connectivity index (χ1v) is 20.7. The number of ether oxygens (including phenoxy) is 2. The highest BCUT2D eigenvalue weighted by Gasteiger charge is 2.42. The first-order chi connectivity index (χ1) is 30.1.